The molecule has 1 aliphatic rings. The number of hydrogen-bond acceptors (Lipinski definition) is 4. The van der Waals surface area contributed by atoms with Crippen LogP contribution in [0.5, 0.6) is 0 Å². The van der Waals surface area contributed by atoms with Crippen LogP contribution in [0.1, 0.15) is 35.0 Å². The van der Waals surface area contributed by atoms with Gasteiger partial charge in [0.25, 0.3) is 0 Å². The normalized spacial score (nSPS) is 25.7. The highest BCUT2D eigenvalue weighted by molar-refractivity contribution is 5.23. The quantitative estimate of drug-likeness (QED) is 0.777. The molecule has 3 N–H and O–H groups in total. The zero-order valence-corrected chi connectivity index (χ0v) is 12.1. The zero-order chi connectivity index (χ0) is 14.3. The SMILES string of the molecule is Cc1cnn([C@H]2[C@H](O)C[C@@H]2NCc2c(C)n[nH]c2C)c1. The number of H-pyrrole nitrogens is 1. The lowest BCUT2D eigenvalue weighted by Crippen LogP contribution is -2.54. The maximum atomic E-state index is 9.99. The topological polar surface area (TPSA) is 78.8 Å². The molecule has 0 radical (unpaired) electrons. The summed E-state index contributed by atoms with van der Waals surface area (Å²) in [4.78, 5) is 0. The summed E-state index contributed by atoms with van der Waals surface area (Å²) in [5.41, 5.74) is 4.45. The number of aliphatic hydroxyl groups is 1. The third-order valence-corrected chi connectivity index (χ3v) is 4.16. The van der Waals surface area contributed by atoms with Crippen LogP contribution in [0.15, 0.2) is 12.4 Å². The molecule has 0 bridgehead atoms. The monoisotopic (exact) mass is 275 g/mol. The fraction of sp³-hybridized carbons (Fsp3) is 0.571. The number of aliphatic hydroxyl groups excluding tert-OH is 1. The highest BCUT2D eigenvalue weighted by Gasteiger charge is 2.41. The maximum Gasteiger partial charge on any atom is 0.0932 e. The highest BCUT2D eigenvalue weighted by atomic mass is 16.3. The molecule has 0 unspecified atom stereocenters. The molecule has 20 heavy (non-hydrogen) atoms. The van der Waals surface area contributed by atoms with Crippen molar-refractivity contribution >= 4 is 0 Å². The molecule has 108 valence electrons. The second kappa shape index (κ2) is 5.03. The van der Waals surface area contributed by atoms with Crippen molar-refractivity contribution in [3.63, 3.8) is 0 Å². The Morgan fingerprint density at radius 1 is 1.45 bits per heavy atom. The smallest absolute Gasteiger partial charge is 0.0932 e. The summed E-state index contributed by atoms with van der Waals surface area (Å²) >= 11 is 0. The van der Waals surface area contributed by atoms with Crippen LogP contribution >= 0.6 is 0 Å². The molecular weight excluding hydrogens is 254 g/mol. The Kier molecular flexibility index (Phi) is 3.35. The van der Waals surface area contributed by atoms with Gasteiger partial charge in [0.1, 0.15) is 0 Å². The van der Waals surface area contributed by atoms with Gasteiger partial charge in [0.2, 0.25) is 0 Å². The summed E-state index contributed by atoms with van der Waals surface area (Å²) in [6.07, 6.45) is 4.25. The molecule has 2 aromatic rings. The fourth-order valence-corrected chi connectivity index (χ4v) is 2.84. The van der Waals surface area contributed by atoms with Crippen molar-refractivity contribution in [2.45, 2.75) is 51.9 Å². The van der Waals surface area contributed by atoms with Gasteiger partial charge in [-0.2, -0.15) is 10.2 Å². The molecule has 6 nitrogen and oxygen atoms in total. The first-order chi connectivity index (χ1) is 9.56. The summed E-state index contributed by atoms with van der Waals surface area (Å²) in [7, 11) is 0. The lowest BCUT2D eigenvalue weighted by molar-refractivity contribution is -0.00826. The van der Waals surface area contributed by atoms with Crippen molar-refractivity contribution in [1.82, 2.24) is 25.3 Å². The van der Waals surface area contributed by atoms with Crippen molar-refractivity contribution in [2.24, 2.45) is 0 Å². The van der Waals surface area contributed by atoms with Crippen molar-refractivity contribution in [1.29, 1.82) is 0 Å². The summed E-state index contributed by atoms with van der Waals surface area (Å²) in [5.74, 6) is 0. The van der Waals surface area contributed by atoms with E-state index in [0.29, 0.717) is 0 Å². The Hall–Kier alpha value is -1.66. The summed E-state index contributed by atoms with van der Waals surface area (Å²) < 4.78 is 1.87. The largest absolute Gasteiger partial charge is 0.391 e. The standard InChI is InChI=1S/C14H21N5O/c1-8-5-16-19(7-8)14-12(4-13(14)20)15-6-11-9(2)17-18-10(11)3/h5,7,12-15,20H,4,6H2,1-3H3,(H,17,18)/t12-,13+,14+/m0/s1. The van der Waals surface area contributed by atoms with Crippen molar-refractivity contribution in [3.05, 3.63) is 34.9 Å². The van der Waals surface area contributed by atoms with Crippen LogP contribution < -0.4 is 5.32 Å². The number of nitrogens with zero attached hydrogens (tertiary/aromatic N) is 3. The van der Waals surface area contributed by atoms with Gasteiger partial charge in [-0.15, -0.1) is 0 Å². The van der Waals surface area contributed by atoms with E-state index in [4.69, 9.17) is 0 Å². The first kappa shape index (κ1) is 13.3. The minimum Gasteiger partial charge on any atom is -0.391 e. The lowest BCUT2D eigenvalue weighted by atomic mass is 9.83. The second-order valence-electron chi connectivity index (χ2n) is 5.69. The first-order valence-corrected chi connectivity index (χ1v) is 6.99. The van der Waals surface area contributed by atoms with Crippen molar-refractivity contribution in [2.75, 3.05) is 0 Å². The van der Waals surface area contributed by atoms with Crippen LogP contribution in [0.2, 0.25) is 0 Å². The van der Waals surface area contributed by atoms with Gasteiger partial charge in [0, 0.05) is 30.0 Å². The Morgan fingerprint density at radius 3 is 2.80 bits per heavy atom. The molecule has 0 amide bonds. The van der Waals surface area contributed by atoms with Gasteiger partial charge in [0.15, 0.2) is 0 Å². The fourth-order valence-electron chi connectivity index (χ4n) is 2.84. The highest BCUT2D eigenvalue weighted by Crippen LogP contribution is 2.32. The zero-order valence-electron chi connectivity index (χ0n) is 12.1. The van der Waals surface area contributed by atoms with Crippen LogP contribution in [0.3, 0.4) is 0 Å². The molecule has 2 aromatic heterocycles. The molecule has 0 saturated heterocycles. The Balaban J connectivity index is 1.66. The number of nitrogens with one attached hydrogen (secondary N) is 2. The van der Waals surface area contributed by atoms with Crippen LogP contribution in [0.4, 0.5) is 0 Å². The summed E-state index contributed by atoms with van der Waals surface area (Å²) in [5, 5.41) is 25.0. The molecule has 1 aliphatic carbocycles. The number of rotatable bonds is 4. The molecule has 0 aliphatic heterocycles. The van der Waals surface area contributed by atoms with Crippen LogP contribution in [-0.4, -0.2) is 37.2 Å². The van der Waals surface area contributed by atoms with Gasteiger partial charge in [-0.25, -0.2) is 0 Å². The lowest BCUT2D eigenvalue weighted by Gasteiger charge is -2.42. The third-order valence-electron chi connectivity index (χ3n) is 4.16. The van der Waals surface area contributed by atoms with E-state index < -0.39 is 0 Å². The van der Waals surface area contributed by atoms with E-state index >= 15 is 0 Å². The van der Waals surface area contributed by atoms with E-state index in [9.17, 15) is 5.11 Å². The average Bonchev–Trinajstić information content (AvgIpc) is 2.93. The Bertz CT molecular complexity index is 583. The van der Waals surface area contributed by atoms with Gasteiger partial charge in [-0.3, -0.25) is 9.78 Å². The minimum absolute atomic E-state index is 0.0243. The van der Waals surface area contributed by atoms with Gasteiger partial charge < -0.3 is 10.4 Å². The molecule has 3 rings (SSSR count). The van der Waals surface area contributed by atoms with Gasteiger partial charge in [0.05, 0.1) is 24.0 Å². The third kappa shape index (κ3) is 2.25. The van der Waals surface area contributed by atoms with E-state index in [1.807, 2.05) is 37.8 Å². The van der Waals surface area contributed by atoms with Crippen LogP contribution in [0.25, 0.3) is 0 Å². The molecule has 3 atom stereocenters. The molecule has 0 aromatic carbocycles. The summed E-state index contributed by atoms with van der Waals surface area (Å²) in [6, 6.07) is 0.272. The maximum absolute atomic E-state index is 9.99. The number of aromatic nitrogens is 4. The Labute approximate surface area is 118 Å². The van der Waals surface area contributed by atoms with Gasteiger partial charge in [-0.05, 0) is 32.8 Å². The second-order valence-corrected chi connectivity index (χ2v) is 5.69. The first-order valence-electron chi connectivity index (χ1n) is 6.99. The minimum atomic E-state index is -0.321. The van der Waals surface area contributed by atoms with Crippen molar-refractivity contribution in [3.8, 4) is 0 Å². The molecule has 2 heterocycles. The molecule has 1 saturated carbocycles. The van der Waals surface area contributed by atoms with E-state index in [1.165, 1.54) is 5.56 Å². The van der Waals surface area contributed by atoms with E-state index in [1.54, 1.807) is 0 Å². The van der Waals surface area contributed by atoms with Crippen LogP contribution in [-0.2, 0) is 6.54 Å². The van der Waals surface area contributed by atoms with Crippen molar-refractivity contribution < 1.29 is 5.11 Å². The molecule has 6 heteroatoms. The predicted molar refractivity (Wildman–Crippen MR) is 75.3 cm³/mol. The van der Waals surface area contributed by atoms with Gasteiger partial charge >= 0.3 is 0 Å². The molecule has 0 spiro atoms. The van der Waals surface area contributed by atoms with E-state index in [-0.39, 0.29) is 18.2 Å². The van der Waals surface area contributed by atoms with E-state index in [2.05, 4.69) is 20.6 Å². The Morgan fingerprint density at radius 2 is 2.25 bits per heavy atom. The molecular formula is C14H21N5O. The number of hydrogen-bond donors (Lipinski definition) is 3. The average molecular weight is 275 g/mol. The van der Waals surface area contributed by atoms with Gasteiger partial charge in [-0.1, -0.05) is 0 Å². The summed E-state index contributed by atoms with van der Waals surface area (Å²) in [6.45, 7) is 6.81. The number of aromatic amines is 1. The predicted octanol–water partition coefficient (Wildman–Crippen LogP) is 0.996. The molecule has 1 fully saturated rings. The van der Waals surface area contributed by atoms with E-state index in [0.717, 1.165) is 29.9 Å². The number of aryl methyl sites for hydroxylation is 3. The van der Waals surface area contributed by atoms with Crippen LogP contribution in [0, 0.1) is 20.8 Å².